The number of aryl methyl sites for hydroxylation is 1. The first-order valence-electron chi connectivity index (χ1n) is 11.8. The maximum atomic E-state index is 14.3. The summed E-state index contributed by atoms with van der Waals surface area (Å²) in [7, 11) is 0. The maximum absolute atomic E-state index is 14.3. The Morgan fingerprint density at radius 3 is 2.67 bits per heavy atom. The van der Waals surface area contributed by atoms with Crippen LogP contribution in [0.1, 0.15) is 56.6 Å². The van der Waals surface area contributed by atoms with Crippen LogP contribution >= 0.6 is 0 Å². The quantitative estimate of drug-likeness (QED) is 0.562. The van der Waals surface area contributed by atoms with E-state index in [1.165, 1.54) is 0 Å². The fraction of sp³-hybridized carbons (Fsp3) is 0.520. The molecule has 0 aliphatic carbocycles. The van der Waals surface area contributed by atoms with Crippen LogP contribution in [0.15, 0.2) is 30.5 Å². The minimum atomic E-state index is -3.05. The Kier molecular flexibility index (Phi) is 8.31. The number of ether oxygens (including phenoxy) is 2. The van der Waals surface area contributed by atoms with E-state index in [4.69, 9.17) is 9.47 Å². The summed E-state index contributed by atoms with van der Waals surface area (Å²) in [6.45, 7) is 8.45. The van der Waals surface area contributed by atoms with E-state index in [1.54, 1.807) is 58.2 Å². The first-order valence-corrected chi connectivity index (χ1v) is 11.8. The molecule has 0 saturated carbocycles. The summed E-state index contributed by atoms with van der Waals surface area (Å²) in [4.78, 5) is 35.2. The van der Waals surface area contributed by atoms with E-state index < -0.39 is 42.5 Å². The lowest BCUT2D eigenvalue weighted by atomic mass is 9.98. The number of amides is 2. The Hall–Kier alpha value is -3.50. The molecule has 2 N–H and O–H groups in total. The number of carbonyl (C=O) groups is 2. The van der Waals surface area contributed by atoms with Crippen LogP contribution in [0.5, 0.6) is 5.75 Å². The van der Waals surface area contributed by atoms with E-state index in [-0.39, 0.29) is 18.7 Å². The molecular formula is C25H33F2N5O4. The molecular weight excluding hydrogens is 472 g/mol. The predicted molar refractivity (Wildman–Crippen MR) is 131 cm³/mol. The van der Waals surface area contributed by atoms with E-state index in [0.717, 1.165) is 4.90 Å². The smallest absolute Gasteiger partial charge is 0.407 e. The molecule has 2 amide bonds. The van der Waals surface area contributed by atoms with Gasteiger partial charge in [0.25, 0.3) is 11.8 Å². The van der Waals surface area contributed by atoms with Crippen molar-refractivity contribution in [2.24, 2.45) is 0 Å². The van der Waals surface area contributed by atoms with Crippen molar-refractivity contribution in [2.45, 2.75) is 65.0 Å². The topological polar surface area (TPSA) is 106 Å². The van der Waals surface area contributed by atoms with Gasteiger partial charge >= 0.3 is 6.09 Å². The van der Waals surface area contributed by atoms with Crippen molar-refractivity contribution in [2.75, 3.05) is 25.1 Å². The van der Waals surface area contributed by atoms with Gasteiger partial charge in [0.1, 0.15) is 29.7 Å². The second-order valence-electron chi connectivity index (χ2n) is 9.75. The van der Waals surface area contributed by atoms with Gasteiger partial charge in [0, 0.05) is 24.2 Å². The monoisotopic (exact) mass is 505 g/mol. The zero-order chi connectivity index (χ0) is 26.5. The van der Waals surface area contributed by atoms with Crippen LogP contribution in [-0.4, -0.2) is 64.1 Å². The largest absolute Gasteiger partial charge is 0.494 e. The molecule has 3 rings (SSSR count). The van der Waals surface area contributed by atoms with E-state index >= 15 is 0 Å². The fourth-order valence-electron chi connectivity index (χ4n) is 3.73. The standard InChI is InChI=1S/C25H33F2N5O4/c1-6-35-18-10-12-28-20(13-18)29-19-8-7-16(2)21(30-19)22(33)32-15-25(26,27)11-9-17(32)14-36-23(34)31-24(3,4)5/h7-8,10,12-13,17H,6,9,11,14-15H2,1-5H3,(H,31,34)(H,28,29,30)/t17-/m1/s1. The highest BCUT2D eigenvalue weighted by Crippen LogP contribution is 2.32. The second kappa shape index (κ2) is 11.0. The van der Waals surface area contributed by atoms with Crippen LogP contribution in [0.4, 0.5) is 25.2 Å². The number of halogens is 2. The molecule has 1 aliphatic rings. The van der Waals surface area contributed by atoms with Gasteiger partial charge in [-0.2, -0.15) is 0 Å². The van der Waals surface area contributed by atoms with Crippen molar-refractivity contribution in [3.8, 4) is 5.75 Å². The molecule has 1 saturated heterocycles. The van der Waals surface area contributed by atoms with Gasteiger partial charge in [-0.05, 0) is 58.7 Å². The third kappa shape index (κ3) is 7.50. The molecule has 0 unspecified atom stereocenters. The minimum Gasteiger partial charge on any atom is -0.494 e. The van der Waals surface area contributed by atoms with Crippen LogP contribution in [0, 0.1) is 6.92 Å². The number of aromatic nitrogens is 2. The molecule has 0 aromatic carbocycles. The van der Waals surface area contributed by atoms with Gasteiger partial charge in [-0.25, -0.2) is 23.5 Å². The molecule has 0 bridgehead atoms. The van der Waals surface area contributed by atoms with Crippen molar-refractivity contribution in [1.29, 1.82) is 0 Å². The summed E-state index contributed by atoms with van der Waals surface area (Å²) in [5.74, 6) is -2.31. The molecule has 1 atom stereocenters. The van der Waals surface area contributed by atoms with E-state index in [9.17, 15) is 18.4 Å². The first kappa shape index (κ1) is 27.1. The van der Waals surface area contributed by atoms with E-state index in [1.807, 2.05) is 6.92 Å². The number of alkyl carbamates (subject to hydrolysis) is 1. The number of alkyl halides is 2. The van der Waals surface area contributed by atoms with Gasteiger partial charge in [0.15, 0.2) is 0 Å². The minimum absolute atomic E-state index is 0.00727. The molecule has 9 nitrogen and oxygen atoms in total. The van der Waals surface area contributed by atoms with E-state index in [0.29, 0.717) is 29.6 Å². The third-order valence-corrected chi connectivity index (χ3v) is 5.43. The van der Waals surface area contributed by atoms with Crippen molar-refractivity contribution >= 4 is 23.6 Å². The van der Waals surface area contributed by atoms with Crippen molar-refractivity contribution in [3.05, 3.63) is 41.7 Å². The Bertz CT molecular complexity index is 1090. The molecule has 2 aromatic heterocycles. The number of carbonyl (C=O) groups excluding carboxylic acids is 2. The molecule has 11 heteroatoms. The summed E-state index contributed by atoms with van der Waals surface area (Å²) in [6.07, 6.45) is 0.493. The molecule has 0 spiro atoms. The number of hydrogen-bond acceptors (Lipinski definition) is 7. The molecule has 1 aliphatic heterocycles. The highest BCUT2D eigenvalue weighted by atomic mass is 19.3. The summed E-state index contributed by atoms with van der Waals surface area (Å²) >= 11 is 0. The summed E-state index contributed by atoms with van der Waals surface area (Å²) in [5.41, 5.74) is 0.0425. The number of likely N-dealkylation sites (tertiary alicyclic amines) is 1. The zero-order valence-electron chi connectivity index (χ0n) is 21.2. The van der Waals surface area contributed by atoms with Crippen molar-refractivity contribution in [1.82, 2.24) is 20.2 Å². The lowest BCUT2D eigenvalue weighted by molar-refractivity contribution is -0.0792. The van der Waals surface area contributed by atoms with Gasteiger partial charge in [0.2, 0.25) is 0 Å². The van der Waals surface area contributed by atoms with Crippen LogP contribution in [0.2, 0.25) is 0 Å². The maximum Gasteiger partial charge on any atom is 0.407 e. The van der Waals surface area contributed by atoms with Crippen molar-refractivity contribution < 1.29 is 27.8 Å². The SMILES string of the molecule is CCOc1ccnc(Nc2ccc(C)c(C(=O)N3CC(F)(F)CC[C@@H]3COC(=O)NC(C)(C)C)n2)c1. The van der Waals surface area contributed by atoms with Gasteiger partial charge in [-0.3, -0.25) is 4.79 Å². The number of rotatable bonds is 7. The summed E-state index contributed by atoms with van der Waals surface area (Å²) in [5, 5.41) is 5.67. The molecule has 36 heavy (non-hydrogen) atoms. The number of hydrogen-bond donors (Lipinski definition) is 2. The lowest BCUT2D eigenvalue weighted by Crippen LogP contribution is -2.54. The second-order valence-corrected chi connectivity index (χ2v) is 9.75. The third-order valence-electron chi connectivity index (χ3n) is 5.43. The lowest BCUT2D eigenvalue weighted by Gasteiger charge is -2.39. The number of anilines is 2. The molecule has 2 aromatic rings. The van der Waals surface area contributed by atoms with Crippen molar-refractivity contribution in [3.63, 3.8) is 0 Å². The highest BCUT2D eigenvalue weighted by Gasteiger charge is 2.43. The normalized spacial score (nSPS) is 17.3. The summed E-state index contributed by atoms with van der Waals surface area (Å²) < 4.78 is 39.4. The number of nitrogens with one attached hydrogen (secondary N) is 2. The fourth-order valence-corrected chi connectivity index (χ4v) is 3.73. The Morgan fingerprint density at radius 2 is 1.97 bits per heavy atom. The molecule has 0 radical (unpaired) electrons. The van der Waals surface area contributed by atoms with Gasteiger partial charge in [-0.15, -0.1) is 0 Å². The molecule has 1 fully saturated rings. The van der Waals surface area contributed by atoms with Crippen LogP contribution in [0.3, 0.4) is 0 Å². The van der Waals surface area contributed by atoms with Gasteiger partial charge in [0.05, 0.1) is 19.2 Å². The highest BCUT2D eigenvalue weighted by molar-refractivity contribution is 5.94. The van der Waals surface area contributed by atoms with Crippen LogP contribution in [0.25, 0.3) is 0 Å². The average Bonchev–Trinajstić information content (AvgIpc) is 2.78. The van der Waals surface area contributed by atoms with Gasteiger partial charge in [-0.1, -0.05) is 6.07 Å². The Morgan fingerprint density at radius 1 is 1.22 bits per heavy atom. The number of pyridine rings is 2. The Labute approximate surface area is 209 Å². The van der Waals surface area contributed by atoms with Crippen LogP contribution in [-0.2, 0) is 4.74 Å². The predicted octanol–water partition coefficient (Wildman–Crippen LogP) is 4.69. The number of nitrogens with zero attached hydrogens (tertiary/aromatic N) is 3. The van der Waals surface area contributed by atoms with Crippen LogP contribution < -0.4 is 15.4 Å². The van der Waals surface area contributed by atoms with Gasteiger partial charge < -0.3 is 25.0 Å². The average molecular weight is 506 g/mol. The number of piperidine rings is 1. The molecule has 3 heterocycles. The summed E-state index contributed by atoms with van der Waals surface area (Å²) in [6, 6.07) is 6.05. The first-order chi connectivity index (χ1) is 16.9. The van der Waals surface area contributed by atoms with E-state index in [2.05, 4.69) is 20.6 Å². The Balaban J connectivity index is 1.79. The molecule has 196 valence electrons. The zero-order valence-corrected chi connectivity index (χ0v) is 21.2.